The van der Waals surface area contributed by atoms with Gasteiger partial charge in [-0.25, -0.2) is 0 Å². The van der Waals surface area contributed by atoms with Crippen LogP contribution in [0.5, 0.6) is 0 Å². The number of hydrogen-bond acceptors (Lipinski definition) is 2. The molecule has 3 aliphatic rings. The van der Waals surface area contributed by atoms with Gasteiger partial charge in [0.05, 0.1) is 0 Å². The lowest BCUT2D eigenvalue weighted by molar-refractivity contribution is 0.124. The van der Waals surface area contributed by atoms with Crippen LogP contribution in [0.3, 0.4) is 0 Å². The average Bonchev–Trinajstić information content (AvgIpc) is 2.57. The van der Waals surface area contributed by atoms with Crippen molar-refractivity contribution in [2.24, 2.45) is 11.8 Å². The summed E-state index contributed by atoms with van der Waals surface area (Å²) < 4.78 is 0. The number of nitrogens with one attached hydrogen (secondary N) is 1. The molecule has 21 heavy (non-hydrogen) atoms. The summed E-state index contributed by atoms with van der Waals surface area (Å²) in [5.41, 5.74) is 0. The fourth-order valence-electron chi connectivity index (χ4n) is 5.21. The van der Waals surface area contributed by atoms with Gasteiger partial charge in [-0.05, 0) is 57.2 Å². The molecule has 0 amide bonds. The van der Waals surface area contributed by atoms with Crippen LogP contribution in [0.15, 0.2) is 0 Å². The van der Waals surface area contributed by atoms with E-state index in [4.69, 9.17) is 0 Å². The molecule has 0 aromatic heterocycles. The van der Waals surface area contributed by atoms with E-state index in [1.165, 1.54) is 90.3 Å². The molecule has 2 unspecified atom stereocenters. The van der Waals surface area contributed by atoms with Gasteiger partial charge in [0.1, 0.15) is 0 Å². The molecule has 1 saturated heterocycles. The van der Waals surface area contributed by atoms with E-state index in [1.54, 1.807) is 0 Å². The van der Waals surface area contributed by atoms with Crippen molar-refractivity contribution < 1.29 is 0 Å². The largest absolute Gasteiger partial charge is 0.311 e. The third-order valence-electron chi connectivity index (χ3n) is 6.56. The van der Waals surface area contributed by atoms with E-state index in [0.717, 1.165) is 23.9 Å². The molecule has 0 aromatic carbocycles. The Balaban J connectivity index is 1.52. The van der Waals surface area contributed by atoms with Gasteiger partial charge >= 0.3 is 0 Å². The molecule has 1 aliphatic heterocycles. The first kappa shape index (κ1) is 15.8. The Bertz CT molecular complexity index is 290. The zero-order valence-electron chi connectivity index (χ0n) is 14.2. The predicted molar refractivity (Wildman–Crippen MR) is 90.6 cm³/mol. The molecule has 2 nitrogen and oxygen atoms in total. The Kier molecular flexibility index (Phi) is 5.99. The van der Waals surface area contributed by atoms with Crippen molar-refractivity contribution in [2.45, 2.75) is 89.6 Å². The topological polar surface area (TPSA) is 15.3 Å². The summed E-state index contributed by atoms with van der Waals surface area (Å²) in [6.45, 7) is 6.17. The lowest BCUT2D eigenvalue weighted by Gasteiger charge is -2.42. The van der Waals surface area contributed by atoms with Crippen LogP contribution < -0.4 is 5.32 Å². The van der Waals surface area contributed by atoms with Crippen molar-refractivity contribution in [3.8, 4) is 0 Å². The van der Waals surface area contributed by atoms with Crippen LogP contribution in [-0.2, 0) is 0 Å². The van der Waals surface area contributed by atoms with Gasteiger partial charge in [0.15, 0.2) is 0 Å². The molecule has 1 N–H and O–H groups in total. The molecule has 3 fully saturated rings. The van der Waals surface area contributed by atoms with E-state index >= 15 is 0 Å². The lowest BCUT2D eigenvalue weighted by atomic mass is 9.70. The summed E-state index contributed by atoms with van der Waals surface area (Å²) in [6, 6.07) is 1.65. The van der Waals surface area contributed by atoms with Crippen molar-refractivity contribution in [2.75, 3.05) is 19.6 Å². The van der Waals surface area contributed by atoms with Crippen molar-refractivity contribution in [3.05, 3.63) is 0 Å². The Morgan fingerprint density at radius 3 is 2.19 bits per heavy atom. The number of nitrogens with zero attached hydrogens (tertiary/aromatic N) is 1. The lowest BCUT2D eigenvalue weighted by Crippen LogP contribution is -2.50. The Labute approximate surface area is 132 Å². The van der Waals surface area contributed by atoms with Gasteiger partial charge < -0.3 is 10.2 Å². The fraction of sp³-hybridized carbons (Fsp3) is 1.00. The smallest absolute Gasteiger partial charge is 0.0101 e. The molecule has 2 atom stereocenters. The van der Waals surface area contributed by atoms with E-state index in [9.17, 15) is 0 Å². The van der Waals surface area contributed by atoms with E-state index in [0.29, 0.717) is 0 Å². The molecule has 0 aromatic rings. The summed E-state index contributed by atoms with van der Waals surface area (Å²) in [4.78, 5) is 2.61. The third-order valence-corrected chi connectivity index (χ3v) is 6.56. The molecule has 2 saturated carbocycles. The average molecular weight is 293 g/mol. The molecule has 2 aliphatic carbocycles. The van der Waals surface area contributed by atoms with E-state index in [-0.39, 0.29) is 0 Å². The Morgan fingerprint density at radius 2 is 1.48 bits per heavy atom. The number of likely N-dealkylation sites (tertiary alicyclic amines) is 1. The van der Waals surface area contributed by atoms with E-state index in [1.807, 2.05) is 0 Å². The Hall–Kier alpha value is -0.0800. The fourth-order valence-corrected chi connectivity index (χ4v) is 5.21. The van der Waals surface area contributed by atoms with Crippen LogP contribution in [0.25, 0.3) is 0 Å². The van der Waals surface area contributed by atoms with Gasteiger partial charge in [0, 0.05) is 12.1 Å². The highest BCUT2D eigenvalue weighted by molar-refractivity contribution is 4.90. The molecule has 0 spiro atoms. The van der Waals surface area contributed by atoms with Crippen LogP contribution in [0.1, 0.15) is 77.6 Å². The van der Waals surface area contributed by atoms with Crippen molar-refractivity contribution in [1.29, 1.82) is 0 Å². The maximum absolute atomic E-state index is 4.12. The maximum atomic E-state index is 4.12. The summed E-state index contributed by atoms with van der Waals surface area (Å²) in [6.07, 6.45) is 16.2. The molecular formula is C19H36N2. The van der Waals surface area contributed by atoms with Crippen molar-refractivity contribution in [1.82, 2.24) is 10.2 Å². The van der Waals surface area contributed by atoms with Gasteiger partial charge in [-0.15, -0.1) is 0 Å². The molecule has 122 valence electrons. The first-order chi connectivity index (χ1) is 10.4. The maximum Gasteiger partial charge on any atom is 0.0101 e. The minimum absolute atomic E-state index is 0.807. The molecule has 1 heterocycles. The third kappa shape index (κ3) is 4.22. The van der Waals surface area contributed by atoms with Crippen molar-refractivity contribution >= 4 is 0 Å². The SMILES string of the molecule is CCN1CCC(NC2CCCCC2C2CCCCC2)CC1. The van der Waals surface area contributed by atoms with Crippen LogP contribution in [-0.4, -0.2) is 36.6 Å². The molecule has 0 radical (unpaired) electrons. The summed E-state index contributed by atoms with van der Waals surface area (Å²) in [7, 11) is 0. The first-order valence-electron chi connectivity index (χ1n) is 9.85. The number of hydrogen-bond donors (Lipinski definition) is 1. The first-order valence-corrected chi connectivity index (χ1v) is 9.85. The van der Waals surface area contributed by atoms with Gasteiger partial charge in [-0.2, -0.15) is 0 Å². The molecule has 0 bridgehead atoms. The second-order valence-corrected chi connectivity index (χ2v) is 7.83. The molecule has 3 rings (SSSR count). The van der Waals surface area contributed by atoms with Crippen LogP contribution in [0, 0.1) is 11.8 Å². The van der Waals surface area contributed by atoms with Gasteiger partial charge in [0.2, 0.25) is 0 Å². The quantitative estimate of drug-likeness (QED) is 0.835. The zero-order chi connectivity index (χ0) is 14.5. The normalized spacial score (nSPS) is 34.1. The minimum atomic E-state index is 0.807. The Morgan fingerprint density at radius 1 is 0.810 bits per heavy atom. The highest BCUT2D eigenvalue weighted by atomic mass is 15.1. The second kappa shape index (κ2) is 7.97. The molecule has 2 heteroatoms. The summed E-state index contributed by atoms with van der Waals surface area (Å²) in [5.74, 6) is 2.05. The predicted octanol–water partition coefficient (Wildman–Crippen LogP) is 4.20. The van der Waals surface area contributed by atoms with E-state index in [2.05, 4.69) is 17.1 Å². The van der Waals surface area contributed by atoms with E-state index < -0.39 is 0 Å². The second-order valence-electron chi connectivity index (χ2n) is 7.83. The van der Waals surface area contributed by atoms with Crippen molar-refractivity contribution in [3.63, 3.8) is 0 Å². The van der Waals surface area contributed by atoms with Gasteiger partial charge in [-0.1, -0.05) is 51.9 Å². The van der Waals surface area contributed by atoms with Crippen LogP contribution in [0.2, 0.25) is 0 Å². The van der Waals surface area contributed by atoms with Crippen LogP contribution >= 0.6 is 0 Å². The van der Waals surface area contributed by atoms with Gasteiger partial charge in [-0.3, -0.25) is 0 Å². The number of piperidine rings is 1. The zero-order valence-corrected chi connectivity index (χ0v) is 14.2. The highest BCUT2D eigenvalue weighted by Gasteiger charge is 2.33. The summed E-state index contributed by atoms with van der Waals surface area (Å²) >= 11 is 0. The monoisotopic (exact) mass is 292 g/mol. The standard InChI is InChI=1S/C19H36N2/c1-2-21-14-12-17(13-15-21)20-19-11-7-6-10-18(19)16-8-4-3-5-9-16/h16-20H,2-15H2,1H3. The van der Waals surface area contributed by atoms with Crippen LogP contribution in [0.4, 0.5) is 0 Å². The number of rotatable bonds is 4. The molecular weight excluding hydrogens is 256 g/mol. The van der Waals surface area contributed by atoms with Gasteiger partial charge in [0.25, 0.3) is 0 Å². The minimum Gasteiger partial charge on any atom is -0.311 e. The summed E-state index contributed by atoms with van der Waals surface area (Å²) in [5, 5.41) is 4.12. The highest BCUT2D eigenvalue weighted by Crippen LogP contribution is 2.38.